The summed E-state index contributed by atoms with van der Waals surface area (Å²) < 4.78 is 4.82. The molecule has 0 bridgehead atoms. The lowest BCUT2D eigenvalue weighted by Crippen LogP contribution is -2.07. The van der Waals surface area contributed by atoms with Crippen LogP contribution in [0, 0.1) is 0 Å². The summed E-state index contributed by atoms with van der Waals surface area (Å²) in [4.78, 5) is 21.6. The van der Waals surface area contributed by atoms with Crippen molar-refractivity contribution in [1.29, 1.82) is 0 Å². The summed E-state index contributed by atoms with van der Waals surface area (Å²) in [6, 6.07) is 2.58. The molecule has 0 aliphatic carbocycles. The Labute approximate surface area is 93.4 Å². The molecule has 2 N–H and O–H groups in total. The number of carboxylic acid groups (broad SMARTS) is 2. The highest BCUT2D eigenvalue weighted by atomic mass is 79.9. The molecule has 6 heteroatoms. The van der Waals surface area contributed by atoms with Crippen LogP contribution in [0.15, 0.2) is 16.6 Å². The number of ether oxygens (including phenoxy) is 1. The molecule has 1 aromatic carbocycles. The topological polar surface area (TPSA) is 83.8 Å². The summed E-state index contributed by atoms with van der Waals surface area (Å²) in [5.41, 5.74) is -0.314. The third-order valence-corrected chi connectivity index (χ3v) is 2.59. The fourth-order valence-electron chi connectivity index (χ4n) is 1.09. The second-order valence-corrected chi connectivity index (χ2v) is 3.41. The van der Waals surface area contributed by atoms with E-state index in [0.29, 0.717) is 0 Å². The minimum absolute atomic E-state index is 0.00171. The van der Waals surface area contributed by atoms with E-state index in [2.05, 4.69) is 15.9 Å². The van der Waals surface area contributed by atoms with Crippen LogP contribution in [0.25, 0.3) is 0 Å². The van der Waals surface area contributed by atoms with Gasteiger partial charge in [-0.1, -0.05) is 0 Å². The van der Waals surface area contributed by atoms with Crippen LogP contribution in [0.4, 0.5) is 0 Å². The van der Waals surface area contributed by atoms with E-state index >= 15 is 0 Å². The molecule has 0 heterocycles. The maximum atomic E-state index is 10.9. The summed E-state index contributed by atoms with van der Waals surface area (Å²) in [6.07, 6.45) is 0. The first-order chi connectivity index (χ1) is 6.99. The highest BCUT2D eigenvalue weighted by molar-refractivity contribution is 9.10. The zero-order chi connectivity index (χ0) is 11.6. The average Bonchev–Trinajstić information content (AvgIpc) is 2.15. The van der Waals surface area contributed by atoms with Crippen LogP contribution in [-0.4, -0.2) is 29.3 Å². The molecular formula is C9H7BrO5. The molecule has 1 rings (SSSR count). The first kappa shape index (κ1) is 11.5. The number of halogens is 1. The molecule has 5 nitrogen and oxygen atoms in total. The zero-order valence-corrected chi connectivity index (χ0v) is 9.24. The Morgan fingerprint density at radius 3 is 2.27 bits per heavy atom. The number of benzene rings is 1. The van der Waals surface area contributed by atoms with Crippen LogP contribution < -0.4 is 4.74 Å². The van der Waals surface area contributed by atoms with Crippen molar-refractivity contribution in [3.8, 4) is 5.75 Å². The normalized spacial score (nSPS) is 9.73. The zero-order valence-electron chi connectivity index (χ0n) is 7.65. The lowest BCUT2D eigenvalue weighted by Gasteiger charge is -2.08. The van der Waals surface area contributed by atoms with E-state index in [0.717, 1.165) is 0 Å². The van der Waals surface area contributed by atoms with E-state index in [4.69, 9.17) is 14.9 Å². The number of hydrogen-bond acceptors (Lipinski definition) is 3. The lowest BCUT2D eigenvalue weighted by molar-refractivity contribution is 0.0692. The number of carbonyl (C=O) groups is 2. The Bertz CT molecular complexity index is 427. The van der Waals surface area contributed by atoms with Crippen molar-refractivity contribution in [1.82, 2.24) is 0 Å². The Morgan fingerprint density at radius 1 is 1.27 bits per heavy atom. The highest BCUT2D eigenvalue weighted by Crippen LogP contribution is 2.30. The molecule has 0 aliphatic rings. The van der Waals surface area contributed by atoms with Crippen LogP contribution >= 0.6 is 15.9 Å². The van der Waals surface area contributed by atoms with E-state index < -0.39 is 11.9 Å². The van der Waals surface area contributed by atoms with Gasteiger partial charge in [-0.2, -0.15) is 0 Å². The summed E-state index contributed by atoms with van der Waals surface area (Å²) >= 11 is 2.93. The number of carboxylic acids is 2. The lowest BCUT2D eigenvalue weighted by atomic mass is 10.1. The van der Waals surface area contributed by atoms with Crippen molar-refractivity contribution >= 4 is 27.9 Å². The van der Waals surface area contributed by atoms with Gasteiger partial charge in [0.15, 0.2) is 0 Å². The van der Waals surface area contributed by atoms with Gasteiger partial charge in [0.05, 0.1) is 17.1 Å². The quantitative estimate of drug-likeness (QED) is 0.879. The number of rotatable bonds is 3. The van der Waals surface area contributed by atoms with Crippen molar-refractivity contribution in [2.45, 2.75) is 0 Å². The van der Waals surface area contributed by atoms with Crippen molar-refractivity contribution in [2.24, 2.45) is 0 Å². The van der Waals surface area contributed by atoms with Crippen LogP contribution in [0.1, 0.15) is 20.7 Å². The maximum absolute atomic E-state index is 10.9. The van der Waals surface area contributed by atoms with Crippen molar-refractivity contribution in [3.63, 3.8) is 0 Å². The molecule has 15 heavy (non-hydrogen) atoms. The molecule has 0 saturated carbocycles. The van der Waals surface area contributed by atoms with E-state index in [9.17, 15) is 9.59 Å². The number of hydrogen-bond donors (Lipinski definition) is 2. The van der Waals surface area contributed by atoms with Gasteiger partial charge in [-0.25, -0.2) is 9.59 Å². The third kappa shape index (κ3) is 2.10. The monoisotopic (exact) mass is 274 g/mol. The predicted molar refractivity (Wildman–Crippen MR) is 54.6 cm³/mol. The molecule has 0 radical (unpaired) electrons. The van der Waals surface area contributed by atoms with Crippen LogP contribution in [0.2, 0.25) is 0 Å². The van der Waals surface area contributed by atoms with Crippen molar-refractivity contribution in [3.05, 3.63) is 27.7 Å². The fourth-order valence-corrected chi connectivity index (χ4v) is 1.76. The SMILES string of the molecule is COc1ccc(C(=O)O)c(Br)c1C(=O)O. The molecule has 0 fully saturated rings. The first-order valence-corrected chi connectivity index (χ1v) is 4.61. The van der Waals surface area contributed by atoms with Gasteiger partial charge in [0.2, 0.25) is 0 Å². The Kier molecular flexibility index (Phi) is 3.31. The van der Waals surface area contributed by atoms with Gasteiger partial charge >= 0.3 is 11.9 Å². The van der Waals surface area contributed by atoms with Gasteiger partial charge in [-0.15, -0.1) is 0 Å². The Morgan fingerprint density at radius 2 is 1.87 bits per heavy atom. The summed E-state index contributed by atoms with van der Waals surface area (Å²) in [5.74, 6) is -2.34. The molecule has 1 aromatic rings. The van der Waals surface area contributed by atoms with Crippen LogP contribution in [0.5, 0.6) is 5.75 Å². The first-order valence-electron chi connectivity index (χ1n) is 3.82. The van der Waals surface area contributed by atoms with Crippen molar-refractivity contribution in [2.75, 3.05) is 7.11 Å². The van der Waals surface area contributed by atoms with E-state index in [-0.39, 0.29) is 21.3 Å². The van der Waals surface area contributed by atoms with Crippen molar-refractivity contribution < 1.29 is 24.5 Å². The molecule has 0 unspecified atom stereocenters. The van der Waals surface area contributed by atoms with E-state index in [1.165, 1.54) is 19.2 Å². The van der Waals surface area contributed by atoms with Gasteiger partial charge in [0.1, 0.15) is 11.3 Å². The molecule has 0 saturated heterocycles. The second-order valence-electron chi connectivity index (χ2n) is 2.61. The maximum Gasteiger partial charge on any atom is 0.340 e. The van der Waals surface area contributed by atoms with Crippen LogP contribution in [0.3, 0.4) is 0 Å². The van der Waals surface area contributed by atoms with Gasteiger partial charge in [-0.05, 0) is 28.1 Å². The molecule has 80 valence electrons. The standard InChI is InChI=1S/C9H7BrO5/c1-15-5-3-2-4(8(11)12)7(10)6(5)9(13)14/h2-3H,1H3,(H,11,12)(H,13,14). The van der Waals surface area contributed by atoms with Crippen LogP contribution in [-0.2, 0) is 0 Å². The summed E-state index contributed by atoms with van der Waals surface area (Å²) in [5, 5.41) is 17.7. The largest absolute Gasteiger partial charge is 0.496 e. The number of aromatic carboxylic acids is 2. The molecule has 0 aliphatic heterocycles. The molecule has 0 spiro atoms. The Balaban J connectivity index is 3.49. The minimum atomic E-state index is -1.25. The molecule has 0 amide bonds. The third-order valence-electron chi connectivity index (χ3n) is 1.77. The van der Waals surface area contributed by atoms with E-state index in [1.54, 1.807) is 0 Å². The smallest absolute Gasteiger partial charge is 0.340 e. The average molecular weight is 275 g/mol. The molecular weight excluding hydrogens is 268 g/mol. The fraction of sp³-hybridized carbons (Fsp3) is 0.111. The van der Waals surface area contributed by atoms with Gasteiger partial charge in [-0.3, -0.25) is 0 Å². The van der Waals surface area contributed by atoms with Gasteiger partial charge < -0.3 is 14.9 Å². The van der Waals surface area contributed by atoms with E-state index in [1.807, 2.05) is 0 Å². The summed E-state index contributed by atoms with van der Waals surface area (Å²) in [7, 11) is 1.31. The minimum Gasteiger partial charge on any atom is -0.496 e. The highest BCUT2D eigenvalue weighted by Gasteiger charge is 2.20. The van der Waals surface area contributed by atoms with Gasteiger partial charge in [0.25, 0.3) is 0 Å². The molecule has 0 atom stereocenters. The predicted octanol–water partition coefficient (Wildman–Crippen LogP) is 1.85. The summed E-state index contributed by atoms with van der Waals surface area (Å²) in [6.45, 7) is 0. The number of methoxy groups -OCH3 is 1. The second kappa shape index (κ2) is 4.31. The molecule has 0 aromatic heterocycles. The van der Waals surface area contributed by atoms with Gasteiger partial charge in [0, 0.05) is 0 Å². The Hall–Kier alpha value is -1.56.